The molecule has 1 aromatic heterocycles. The molecule has 0 atom stereocenters. The van der Waals surface area contributed by atoms with Gasteiger partial charge in [-0.3, -0.25) is 14.6 Å². The highest BCUT2D eigenvalue weighted by molar-refractivity contribution is 6.03. The summed E-state index contributed by atoms with van der Waals surface area (Å²) in [4.78, 5) is 27.1. The molecule has 15 heavy (non-hydrogen) atoms. The van der Waals surface area contributed by atoms with E-state index in [2.05, 4.69) is 4.98 Å². The fourth-order valence-electron chi connectivity index (χ4n) is 2.07. The van der Waals surface area contributed by atoms with Crippen molar-refractivity contribution < 1.29 is 9.59 Å². The molecule has 3 heteroatoms. The molecule has 0 saturated heterocycles. The molecule has 0 unspecified atom stereocenters. The molecule has 0 fully saturated rings. The van der Waals surface area contributed by atoms with Crippen molar-refractivity contribution in [3.63, 3.8) is 0 Å². The van der Waals surface area contributed by atoms with E-state index in [0.29, 0.717) is 22.5 Å². The maximum absolute atomic E-state index is 11.4. The molecule has 0 aliphatic carbocycles. The lowest BCUT2D eigenvalue weighted by Gasteiger charge is -2.12. The summed E-state index contributed by atoms with van der Waals surface area (Å²) in [6, 6.07) is 0. The highest BCUT2D eigenvalue weighted by atomic mass is 16.1. The normalized spacial score (nSPS) is 10.2. The third-order valence-corrected chi connectivity index (χ3v) is 2.51. The van der Waals surface area contributed by atoms with Crippen molar-refractivity contribution in [2.45, 2.75) is 34.6 Å². The van der Waals surface area contributed by atoms with Crippen LogP contribution in [0.4, 0.5) is 0 Å². The predicted molar refractivity (Wildman–Crippen MR) is 58.5 cm³/mol. The Hall–Kier alpha value is -1.51. The number of pyridine rings is 1. The quantitative estimate of drug-likeness (QED) is 0.696. The van der Waals surface area contributed by atoms with Crippen molar-refractivity contribution in [1.82, 2.24) is 4.98 Å². The summed E-state index contributed by atoms with van der Waals surface area (Å²) in [5.41, 5.74) is 3.29. The van der Waals surface area contributed by atoms with Crippen molar-refractivity contribution >= 4 is 11.6 Å². The monoisotopic (exact) mass is 205 g/mol. The first kappa shape index (κ1) is 11.6. The van der Waals surface area contributed by atoms with Gasteiger partial charge in [0, 0.05) is 22.5 Å². The van der Waals surface area contributed by atoms with Gasteiger partial charge in [-0.15, -0.1) is 0 Å². The number of carbonyl (C=O) groups excluding carboxylic acids is 2. The van der Waals surface area contributed by atoms with Crippen LogP contribution in [0.25, 0.3) is 0 Å². The Balaban J connectivity index is 3.64. The molecule has 1 rings (SSSR count). The van der Waals surface area contributed by atoms with Gasteiger partial charge in [-0.1, -0.05) is 0 Å². The van der Waals surface area contributed by atoms with Gasteiger partial charge in [-0.25, -0.2) is 0 Å². The fraction of sp³-hybridized carbons (Fsp3) is 0.417. The second-order valence-corrected chi connectivity index (χ2v) is 3.77. The number of hydrogen-bond donors (Lipinski definition) is 0. The van der Waals surface area contributed by atoms with Crippen molar-refractivity contribution in [2.75, 3.05) is 0 Å². The van der Waals surface area contributed by atoms with Crippen molar-refractivity contribution in [3.8, 4) is 0 Å². The molecule has 0 aromatic carbocycles. The lowest BCUT2D eigenvalue weighted by atomic mass is 9.96. The molecule has 1 heterocycles. The van der Waals surface area contributed by atoms with Crippen molar-refractivity contribution in [3.05, 3.63) is 28.1 Å². The minimum Gasteiger partial charge on any atom is -0.294 e. The second kappa shape index (κ2) is 3.93. The Bertz CT molecular complexity index is 409. The molecule has 0 amide bonds. The highest BCUT2D eigenvalue weighted by Gasteiger charge is 2.17. The summed E-state index contributed by atoms with van der Waals surface area (Å²) in [6.45, 7) is 8.38. The van der Waals surface area contributed by atoms with E-state index in [1.54, 1.807) is 20.8 Å². The highest BCUT2D eigenvalue weighted by Crippen LogP contribution is 2.20. The maximum atomic E-state index is 11.4. The van der Waals surface area contributed by atoms with Crippen LogP contribution < -0.4 is 0 Å². The van der Waals surface area contributed by atoms with Gasteiger partial charge in [-0.05, 0) is 40.2 Å². The Labute approximate surface area is 89.5 Å². The number of hydrogen-bond acceptors (Lipinski definition) is 3. The van der Waals surface area contributed by atoms with E-state index in [1.165, 1.54) is 13.8 Å². The van der Waals surface area contributed by atoms with Crippen LogP contribution in [-0.2, 0) is 0 Å². The molecular weight excluding hydrogens is 190 g/mol. The number of ketones is 2. The van der Waals surface area contributed by atoms with Crippen molar-refractivity contribution in [1.29, 1.82) is 0 Å². The molecule has 80 valence electrons. The van der Waals surface area contributed by atoms with Crippen molar-refractivity contribution in [2.24, 2.45) is 0 Å². The SMILES string of the molecule is CC(=O)c1c(C)nc(C)c(C(C)=O)c1C. The average molecular weight is 205 g/mol. The molecule has 0 N–H and O–H groups in total. The van der Waals surface area contributed by atoms with E-state index in [0.717, 1.165) is 5.56 Å². The van der Waals surface area contributed by atoms with Gasteiger partial charge in [0.15, 0.2) is 11.6 Å². The molecule has 0 aliphatic heterocycles. The zero-order valence-electron chi connectivity index (χ0n) is 9.76. The van der Waals surface area contributed by atoms with Crippen LogP contribution >= 0.6 is 0 Å². The van der Waals surface area contributed by atoms with E-state index in [9.17, 15) is 9.59 Å². The summed E-state index contributed by atoms with van der Waals surface area (Å²) in [7, 11) is 0. The first-order chi connectivity index (χ1) is 6.86. The number of aromatic nitrogens is 1. The summed E-state index contributed by atoms with van der Waals surface area (Å²) in [5.74, 6) is -0.0833. The maximum Gasteiger partial charge on any atom is 0.161 e. The first-order valence-corrected chi connectivity index (χ1v) is 4.86. The summed E-state index contributed by atoms with van der Waals surface area (Å²) < 4.78 is 0. The summed E-state index contributed by atoms with van der Waals surface area (Å²) in [6.07, 6.45) is 0. The Morgan fingerprint density at radius 2 is 1.20 bits per heavy atom. The molecule has 0 saturated carbocycles. The van der Waals surface area contributed by atoms with E-state index < -0.39 is 0 Å². The topological polar surface area (TPSA) is 47.0 Å². The number of rotatable bonds is 2. The Kier molecular flexibility index (Phi) is 3.03. The van der Waals surface area contributed by atoms with Crippen LogP contribution in [-0.4, -0.2) is 16.6 Å². The van der Waals surface area contributed by atoms with Crippen LogP contribution in [0.3, 0.4) is 0 Å². The molecule has 0 radical (unpaired) electrons. The minimum atomic E-state index is -0.0417. The first-order valence-electron chi connectivity index (χ1n) is 4.86. The molecule has 3 nitrogen and oxygen atoms in total. The van der Waals surface area contributed by atoms with E-state index >= 15 is 0 Å². The molecular formula is C12H15NO2. The lowest BCUT2D eigenvalue weighted by molar-refractivity contribution is 0.101. The van der Waals surface area contributed by atoms with Gasteiger partial charge in [0.2, 0.25) is 0 Å². The standard InChI is InChI=1S/C12H15NO2/c1-6-11(9(4)14)7(2)13-8(3)12(6)10(5)15/h1-5H3. The zero-order valence-corrected chi connectivity index (χ0v) is 9.76. The van der Waals surface area contributed by atoms with Gasteiger partial charge in [0.05, 0.1) is 0 Å². The Morgan fingerprint density at radius 3 is 1.47 bits per heavy atom. The Morgan fingerprint density at radius 1 is 0.867 bits per heavy atom. The van der Waals surface area contributed by atoms with E-state index in [-0.39, 0.29) is 11.6 Å². The average Bonchev–Trinajstić information content (AvgIpc) is 1.99. The molecule has 0 bridgehead atoms. The summed E-state index contributed by atoms with van der Waals surface area (Å²) in [5, 5.41) is 0. The van der Waals surface area contributed by atoms with Crippen LogP contribution in [0.15, 0.2) is 0 Å². The van der Waals surface area contributed by atoms with Gasteiger partial charge in [-0.2, -0.15) is 0 Å². The fourth-order valence-corrected chi connectivity index (χ4v) is 2.07. The third kappa shape index (κ3) is 1.96. The van der Waals surface area contributed by atoms with Gasteiger partial charge in [0.25, 0.3) is 0 Å². The minimum absolute atomic E-state index is 0.0417. The number of carbonyl (C=O) groups is 2. The smallest absolute Gasteiger partial charge is 0.161 e. The van der Waals surface area contributed by atoms with Gasteiger partial charge < -0.3 is 0 Å². The van der Waals surface area contributed by atoms with Gasteiger partial charge >= 0.3 is 0 Å². The van der Waals surface area contributed by atoms with Crippen LogP contribution in [0.2, 0.25) is 0 Å². The molecule has 0 spiro atoms. The van der Waals surface area contributed by atoms with Crippen LogP contribution in [0, 0.1) is 20.8 Å². The number of Topliss-reactive ketones (excluding diaryl/α,β-unsaturated/α-hetero) is 2. The summed E-state index contributed by atoms with van der Waals surface area (Å²) >= 11 is 0. The van der Waals surface area contributed by atoms with E-state index in [4.69, 9.17) is 0 Å². The second-order valence-electron chi connectivity index (χ2n) is 3.77. The molecule has 1 aromatic rings. The third-order valence-electron chi connectivity index (χ3n) is 2.51. The zero-order chi connectivity index (χ0) is 11.7. The van der Waals surface area contributed by atoms with Crippen LogP contribution in [0.1, 0.15) is 51.5 Å². The van der Waals surface area contributed by atoms with E-state index in [1.807, 2.05) is 0 Å². The van der Waals surface area contributed by atoms with Gasteiger partial charge in [0.1, 0.15) is 0 Å². The lowest BCUT2D eigenvalue weighted by Crippen LogP contribution is -2.11. The largest absolute Gasteiger partial charge is 0.294 e. The predicted octanol–water partition coefficient (Wildman–Crippen LogP) is 2.41. The number of aryl methyl sites for hydroxylation is 2. The molecule has 0 aliphatic rings. The number of nitrogens with zero attached hydrogens (tertiary/aromatic N) is 1. The van der Waals surface area contributed by atoms with Crippen LogP contribution in [0.5, 0.6) is 0 Å².